The average Bonchev–Trinajstić information content (AvgIpc) is 2.56. The highest BCUT2D eigenvalue weighted by Gasteiger charge is 2.23. The van der Waals surface area contributed by atoms with Crippen molar-refractivity contribution in [2.45, 2.75) is 26.2 Å². The van der Waals surface area contributed by atoms with Gasteiger partial charge < -0.3 is 10.2 Å². The summed E-state index contributed by atoms with van der Waals surface area (Å²) in [6, 6.07) is 7.14. The molecule has 2 heterocycles. The van der Waals surface area contributed by atoms with Crippen LogP contribution in [0, 0.1) is 18.7 Å². The third-order valence-electron chi connectivity index (χ3n) is 4.60. The molecule has 0 saturated carbocycles. The number of carbonyl (C=O) groups is 1. The minimum Gasteiger partial charge on any atom is -0.371 e. The molecule has 4 nitrogen and oxygen atoms in total. The van der Waals surface area contributed by atoms with E-state index in [1.165, 1.54) is 6.07 Å². The predicted octanol–water partition coefficient (Wildman–Crippen LogP) is 3.03. The second-order valence-electron chi connectivity index (χ2n) is 6.23. The maximum atomic E-state index is 14.0. The van der Waals surface area contributed by atoms with E-state index in [9.17, 15) is 9.18 Å². The van der Waals surface area contributed by atoms with Crippen molar-refractivity contribution in [1.29, 1.82) is 0 Å². The molecule has 3 rings (SSSR count). The van der Waals surface area contributed by atoms with Crippen molar-refractivity contribution in [2.24, 2.45) is 5.92 Å². The molecular formula is C18H22FN3O. The van der Waals surface area contributed by atoms with Crippen LogP contribution in [0.4, 0.5) is 10.1 Å². The number of amides is 1. The van der Waals surface area contributed by atoms with Crippen molar-refractivity contribution < 1.29 is 9.18 Å². The number of aromatic nitrogens is 1. The predicted molar refractivity (Wildman–Crippen MR) is 90.1 cm³/mol. The van der Waals surface area contributed by atoms with Crippen LogP contribution in [0.1, 0.15) is 25.0 Å². The van der Waals surface area contributed by atoms with E-state index in [4.69, 9.17) is 0 Å². The summed E-state index contributed by atoms with van der Waals surface area (Å²) in [7, 11) is 1.68. The van der Waals surface area contributed by atoms with E-state index in [-0.39, 0.29) is 11.7 Å². The molecule has 1 aliphatic heterocycles. The highest BCUT2D eigenvalue weighted by atomic mass is 19.1. The molecule has 1 aliphatic rings. The first-order valence-corrected chi connectivity index (χ1v) is 8.10. The normalized spacial score (nSPS) is 15.9. The van der Waals surface area contributed by atoms with Gasteiger partial charge in [0.05, 0.1) is 0 Å². The highest BCUT2D eigenvalue weighted by molar-refractivity contribution is 5.92. The molecule has 2 aromatic rings. The molecule has 1 amide bonds. The first kappa shape index (κ1) is 15.7. The lowest BCUT2D eigenvalue weighted by Gasteiger charge is -2.34. The Kier molecular flexibility index (Phi) is 4.46. The Hall–Kier alpha value is -2.17. The van der Waals surface area contributed by atoms with Gasteiger partial charge >= 0.3 is 0 Å². The summed E-state index contributed by atoms with van der Waals surface area (Å²) in [4.78, 5) is 18.1. The fourth-order valence-corrected chi connectivity index (χ4v) is 3.32. The van der Waals surface area contributed by atoms with E-state index < -0.39 is 0 Å². The van der Waals surface area contributed by atoms with Crippen LogP contribution >= 0.6 is 0 Å². The standard InChI is InChI=1S/C18H22FN3O/c1-12-10-16(14-4-3-5-15(19)18(14)21-12)22-8-6-13(7-9-22)11-17(23)20-2/h3-5,10,13H,6-9,11H2,1-2H3,(H,20,23). The Labute approximate surface area is 135 Å². The van der Waals surface area contributed by atoms with Crippen LogP contribution in [0.15, 0.2) is 24.3 Å². The maximum Gasteiger partial charge on any atom is 0.220 e. The molecule has 0 spiro atoms. The molecule has 0 aliphatic carbocycles. The summed E-state index contributed by atoms with van der Waals surface area (Å²) in [6.45, 7) is 3.67. The number of rotatable bonds is 3. The summed E-state index contributed by atoms with van der Waals surface area (Å²) < 4.78 is 14.0. The Balaban J connectivity index is 1.82. The van der Waals surface area contributed by atoms with Crippen molar-refractivity contribution >= 4 is 22.5 Å². The van der Waals surface area contributed by atoms with Gasteiger partial charge in [0.2, 0.25) is 5.91 Å². The molecule has 0 unspecified atom stereocenters. The Morgan fingerprint density at radius 1 is 1.39 bits per heavy atom. The van der Waals surface area contributed by atoms with Gasteiger partial charge in [0.1, 0.15) is 11.3 Å². The lowest BCUT2D eigenvalue weighted by Crippen LogP contribution is -2.35. The third kappa shape index (κ3) is 3.28. The molecule has 0 bridgehead atoms. The van der Waals surface area contributed by atoms with Crippen LogP contribution in [0.2, 0.25) is 0 Å². The van der Waals surface area contributed by atoms with Crippen LogP contribution in [0.25, 0.3) is 10.9 Å². The number of hydrogen-bond acceptors (Lipinski definition) is 3. The van der Waals surface area contributed by atoms with Gasteiger partial charge in [-0.15, -0.1) is 0 Å². The smallest absolute Gasteiger partial charge is 0.220 e. The number of hydrogen-bond donors (Lipinski definition) is 1. The molecule has 5 heteroatoms. The number of aryl methyl sites for hydroxylation is 1. The zero-order valence-corrected chi connectivity index (χ0v) is 13.6. The molecule has 0 radical (unpaired) electrons. The van der Waals surface area contributed by atoms with Gasteiger partial charge in [-0.3, -0.25) is 4.79 Å². The zero-order chi connectivity index (χ0) is 16.4. The fourth-order valence-electron chi connectivity index (χ4n) is 3.32. The quantitative estimate of drug-likeness (QED) is 0.947. The minimum atomic E-state index is -0.276. The van der Waals surface area contributed by atoms with E-state index in [0.717, 1.165) is 42.7 Å². The van der Waals surface area contributed by atoms with E-state index in [2.05, 4.69) is 15.2 Å². The van der Waals surface area contributed by atoms with Gasteiger partial charge in [-0.2, -0.15) is 0 Å². The summed E-state index contributed by atoms with van der Waals surface area (Å²) in [5, 5.41) is 3.55. The average molecular weight is 315 g/mol. The number of anilines is 1. The molecule has 0 atom stereocenters. The molecular weight excluding hydrogens is 293 g/mol. The van der Waals surface area contributed by atoms with Crippen LogP contribution in [-0.2, 0) is 4.79 Å². The van der Waals surface area contributed by atoms with E-state index in [1.807, 2.05) is 19.1 Å². The summed E-state index contributed by atoms with van der Waals surface area (Å²) in [5.74, 6) is 0.259. The summed E-state index contributed by atoms with van der Waals surface area (Å²) in [5.41, 5.74) is 2.31. The highest BCUT2D eigenvalue weighted by Crippen LogP contribution is 2.32. The number of nitrogens with one attached hydrogen (secondary N) is 1. The van der Waals surface area contributed by atoms with Gasteiger partial charge in [-0.05, 0) is 37.8 Å². The van der Waals surface area contributed by atoms with E-state index >= 15 is 0 Å². The number of para-hydroxylation sites is 1. The van der Waals surface area contributed by atoms with Crippen molar-refractivity contribution in [3.05, 3.63) is 35.8 Å². The molecule has 1 aromatic carbocycles. The monoisotopic (exact) mass is 315 g/mol. The first-order chi connectivity index (χ1) is 11.1. The van der Waals surface area contributed by atoms with E-state index in [0.29, 0.717) is 17.9 Å². The lowest BCUT2D eigenvalue weighted by molar-refractivity contribution is -0.121. The van der Waals surface area contributed by atoms with Crippen LogP contribution in [0.3, 0.4) is 0 Å². The Morgan fingerprint density at radius 2 is 2.13 bits per heavy atom. The van der Waals surface area contributed by atoms with Crippen LogP contribution < -0.4 is 10.2 Å². The van der Waals surface area contributed by atoms with Gasteiger partial charge in [-0.1, -0.05) is 12.1 Å². The number of piperidine rings is 1. The molecule has 1 saturated heterocycles. The molecule has 1 fully saturated rings. The lowest BCUT2D eigenvalue weighted by atomic mass is 9.92. The van der Waals surface area contributed by atoms with E-state index in [1.54, 1.807) is 13.1 Å². The van der Waals surface area contributed by atoms with Gasteiger partial charge in [0.15, 0.2) is 0 Å². The van der Waals surface area contributed by atoms with Crippen molar-refractivity contribution in [1.82, 2.24) is 10.3 Å². The first-order valence-electron chi connectivity index (χ1n) is 8.10. The van der Waals surface area contributed by atoms with Crippen molar-refractivity contribution in [2.75, 3.05) is 25.0 Å². The molecule has 23 heavy (non-hydrogen) atoms. The van der Waals surface area contributed by atoms with Crippen molar-refractivity contribution in [3.63, 3.8) is 0 Å². The number of fused-ring (bicyclic) bond motifs is 1. The number of halogens is 1. The topological polar surface area (TPSA) is 45.2 Å². The third-order valence-corrected chi connectivity index (χ3v) is 4.60. The Morgan fingerprint density at radius 3 is 2.83 bits per heavy atom. The van der Waals surface area contributed by atoms with Gasteiger partial charge in [0, 0.05) is 43.3 Å². The largest absolute Gasteiger partial charge is 0.371 e. The SMILES string of the molecule is CNC(=O)CC1CCN(c2cc(C)nc3c(F)cccc23)CC1. The van der Waals surface area contributed by atoms with Gasteiger partial charge in [0.25, 0.3) is 0 Å². The second kappa shape index (κ2) is 6.52. The maximum absolute atomic E-state index is 14.0. The Bertz CT molecular complexity index is 724. The number of pyridine rings is 1. The summed E-state index contributed by atoms with van der Waals surface area (Å²) >= 11 is 0. The fraction of sp³-hybridized carbons (Fsp3) is 0.444. The second-order valence-corrected chi connectivity index (χ2v) is 6.23. The van der Waals surface area contributed by atoms with Crippen molar-refractivity contribution in [3.8, 4) is 0 Å². The van der Waals surface area contributed by atoms with Crippen LogP contribution in [-0.4, -0.2) is 31.0 Å². The molecule has 1 N–H and O–H groups in total. The van der Waals surface area contributed by atoms with Gasteiger partial charge in [-0.25, -0.2) is 9.37 Å². The number of carbonyl (C=O) groups excluding carboxylic acids is 1. The minimum absolute atomic E-state index is 0.107. The molecule has 1 aromatic heterocycles. The molecule has 122 valence electrons. The number of nitrogens with zero attached hydrogens (tertiary/aromatic N) is 2. The summed E-state index contributed by atoms with van der Waals surface area (Å²) in [6.07, 6.45) is 2.55. The van der Waals surface area contributed by atoms with Crippen LogP contribution in [0.5, 0.6) is 0 Å². The zero-order valence-electron chi connectivity index (χ0n) is 13.6. The number of benzene rings is 1.